The Hall–Kier alpha value is -0.600. The molecule has 0 aliphatic heterocycles. The summed E-state index contributed by atoms with van der Waals surface area (Å²) in [7, 11) is -3.92. The van der Waals surface area contributed by atoms with Gasteiger partial charge < -0.3 is 0 Å². The van der Waals surface area contributed by atoms with Gasteiger partial charge in [-0.2, -0.15) is 13.2 Å². The lowest BCUT2D eigenvalue weighted by Crippen LogP contribution is -2.30. The Morgan fingerprint density at radius 2 is 1.95 bits per heavy atom. The van der Waals surface area contributed by atoms with Crippen LogP contribution in [0.2, 0.25) is 0 Å². The van der Waals surface area contributed by atoms with Crippen LogP contribution >= 0.6 is 15.9 Å². The van der Waals surface area contributed by atoms with Crippen LogP contribution < -0.4 is 4.72 Å². The molecule has 0 unspecified atom stereocenters. The lowest BCUT2D eigenvalue weighted by Gasteiger charge is -2.15. The van der Waals surface area contributed by atoms with Gasteiger partial charge in [-0.25, -0.2) is 13.1 Å². The van der Waals surface area contributed by atoms with Crippen molar-refractivity contribution in [2.75, 3.05) is 11.9 Å². The molecule has 0 spiro atoms. The molecule has 1 saturated carbocycles. The average molecular weight is 386 g/mol. The Kier molecular flexibility index (Phi) is 4.70. The summed E-state index contributed by atoms with van der Waals surface area (Å²) in [6, 6.07) is 3.78. The first-order valence-corrected chi connectivity index (χ1v) is 9.02. The Morgan fingerprint density at radius 1 is 1.29 bits per heavy atom. The molecule has 0 bridgehead atoms. The molecule has 2 rings (SSSR count). The van der Waals surface area contributed by atoms with E-state index >= 15 is 0 Å². The molecule has 0 aromatic heterocycles. The fraction of sp³-hybridized carbons (Fsp3) is 0.538. The largest absolute Gasteiger partial charge is 0.416 e. The van der Waals surface area contributed by atoms with Crippen LogP contribution in [0.25, 0.3) is 0 Å². The number of sulfonamides is 1. The van der Waals surface area contributed by atoms with E-state index in [0.717, 1.165) is 36.7 Å². The molecule has 3 nitrogen and oxygen atoms in total. The predicted octanol–water partition coefficient (Wildman–Crippen LogP) is 3.55. The van der Waals surface area contributed by atoms with Gasteiger partial charge in [0.1, 0.15) is 0 Å². The third kappa shape index (κ3) is 4.20. The molecule has 1 aromatic carbocycles. The molecule has 0 saturated heterocycles. The Labute approximate surface area is 130 Å². The third-order valence-corrected chi connectivity index (χ3v) is 5.49. The molecule has 1 N–H and O–H groups in total. The van der Waals surface area contributed by atoms with Crippen LogP contribution in [0.15, 0.2) is 29.2 Å². The minimum Gasteiger partial charge on any atom is -0.211 e. The lowest BCUT2D eigenvalue weighted by molar-refractivity contribution is -0.137. The molecular weight excluding hydrogens is 371 g/mol. The van der Waals surface area contributed by atoms with E-state index in [1.165, 1.54) is 6.07 Å². The van der Waals surface area contributed by atoms with Crippen LogP contribution in [0.1, 0.15) is 24.8 Å². The first kappa shape index (κ1) is 16.8. The molecule has 118 valence electrons. The van der Waals surface area contributed by atoms with E-state index in [2.05, 4.69) is 20.7 Å². The number of alkyl halides is 4. The molecule has 1 fully saturated rings. The van der Waals surface area contributed by atoms with Crippen LogP contribution in [0.5, 0.6) is 0 Å². The molecule has 0 radical (unpaired) electrons. The standard InChI is InChI=1S/C13H15BrF3NO2S/c14-7-6-12(4-5-12)9-18-21(19,20)11-3-1-2-10(8-11)13(15,16)17/h1-3,8,18H,4-7,9H2. The second kappa shape index (κ2) is 5.89. The number of nitrogens with one attached hydrogen (secondary N) is 1. The molecule has 0 amide bonds. The van der Waals surface area contributed by atoms with Gasteiger partial charge in [0.25, 0.3) is 0 Å². The monoisotopic (exact) mass is 385 g/mol. The maximum atomic E-state index is 12.6. The number of benzene rings is 1. The van der Waals surface area contributed by atoms with Crippen molar-refractivity contribution in [3.63, 3.8) is 0 Å². The highest BCUT2D eigenvalue weighted by atomic mass is 79.9. The maximum Gasteiger partial charge on any atom is 0.416 e. The molecule has 1 aliphatic carbocycles. The van der Waals surface area contributed by atoms with Crippen molar-refractivity contribution in [2.45, 2.75) is 30.3 Å². The van der Waals surface area contributed by atoms with E-state index < -0.39 is 21.8 Å². The van der Waals surface area contributed by atoms with Gasteiger partial charge in [-0.15, -0.1) is 0 Å². The van der Waals surface area contributed by atoms with Crippen molar-refractivity contribution in [1.29, 1.82) is 0 Å². The van der Waals surface area contributed by atoms with E-state index in [4.69, 9.17) is 0 Å². The molecule has 8 heteroatoms. The topological polar surface area (TPSA) is 46.2 Å². The lowest BCUT2D eigenvalue weighted by atomic mass is 10.1. The van der Waals surface area contributed by atoms with Crippen LogP contribution in [0, 0.1) is 5.41 Å². The van der Waals surface area contributed by atoms with Crippen molar-refractivity contribution in [3.8, 4) is 0 Å². The quantitative estimate of drug-likeness (QED) is 0.761. The van der Waals surface area contributed by atoms with Gasteiger partial charge in [-0.3, -0.25) is 0 Å². The van der Waals surface area contributed by atoms with Gasteiger partial charge in [0.05, 0.1) is 10.5 Å². The van der Waals surface area contributed by atoms with Crippen molar-refractivity contribution in [3.05, 3.63) is 29.8 Å². The van der Waals surface area contributed by atoms with E-state index in [0.29, 0.717) is 6.07 Å². The zero-order valence-electron chi connectivity index (χ0n) is 11.1. The van der Waals surface area contributed by atoms with Gasteiger partial charge in [0.2, 0.25) is 10.0 Å². The van der Waals surface area contributed by atoms with E-state index in [9.17, 15) is 21.6 Å². The summed E-state index contributed by atoms with van der Waals surface area (Å²) in [5.41, 5.74) is -1.01. The fourth-order valence-electron chi connectivity index (χ4n) is 2.06. The van der Waals surface area contributed by atoms with E-state index in [-0.39, 0.29) is 16.9 Å². The average Bonchev–Trinajstić information content (AvgIpc) is 3.17. The first-order chi connectivity index (χ1) is 9.69. The highest BCUT2D eigenvalue weighted by Gasteiger charge is 2.42. The SMILES string of the molecule is O=S(=O)(NCC1(CCBr)CC1)c1cccc(C(F)(F)F)c1. The van der Waals surface area contributed by atoms with Crippen LogP contribution in [0.3, 0.4) is 0 Å². The smallest absolute Gasteiger partial charge is 0.211 e. The van der Waals surface area contributed by atoms with Gasteiger partial charge in [0, 0.05) is 11.9 Å². The highest BCUT2D eigenvalue weighted by Crippen LogP contribution is 2.48. The van der Waals surface area contributed by atoms with Crippen molar-refractivity contribution >= 4 is 26.0 Å². The van der Waals surface area contributed by atoms with Crippen molar-refractivity contribution in [2.24, 2.45) is 5.41 Å². The minimum absolute atomic E-state index is 0.0434. The molecule has 0 atom stereocenters. The number of hydrogen-bond donors (Lipinski definition) is 1. The van der Waals surface area contributed by atoms with E-state index in [1.807, 2.05) is 0 Å². The zero-order chi connectivity index (χ0) is 15.7. The number of rotatable bonds is 6. The summed E-state index contributed by atoms with van der Waals surface area (Å²) < 4.78 is 64.5. The fourth-order valence-corrected chi connectivity index (χ4v) is 4.11. The van der Waals surface area contributed by atoms with E-state index in [1.54, 1.807) is 0 Å². The molecule has 0 heterocycles. The van der Waals surface area contributed by atoms with Gasteiger partial charge >= 0.3 is 6.18 Å². The summed E-state index contributed by atoms with van der Waals surface area (Å²) in [5.74, 6) is 0. The summed E-state index contributed by atoms with van der Waals surface area (Å²) in [5, 5.41) is 0.776. The maximum absolute atomic E-state index is 12.6. The molecule has 1 aromatic rings. The summed E-state index contributed by atoms with van der Waals surface area (Å²) in [6.07, 6.45) is -1.84. The number of halogens is 4. The van der Waals surface area contributed by atoms with Crippen LogP contribution in [-0.2, 0) is 16.2 Å². The second-order valence-electron chi connectivity index (χ2n) is 5.29. The minimum atomic E-state index is -4.56. The highest BCUT2D eigenvalue weighted by molar-refractivity contribution is 9.09. The predicted molar refractivity (Wildman–Crippen MR) is 76.7 cm³/mol. The van der Waals surface area contributed by atoms with Gasteiger partial charge in [-0.1, -0.05) is 22.0 Å². The molecular formula is C13H15BrF3NO2S. The Bertz CT molecular complexity index is 612. The summed E-state index contributed by atoms with van der Waals surface area (Å²) in [6.45, 7) is 0.261. The number of hydrogen-bond acceptors (Lipinski definition) is 2. The van der Waals surface area contributed by atoms with Crippen molar-refractivity contribution in [1.82, 2.24) is 4.72 Å². The first-order valence-electron chi connectivity index (χ1n) is 6.41. The Balaban J connectivity index is 2.13. The normalized spacial score (nSPS) is 17.7. The molecule has 21 heavy (non-hydrogen) atoms. The van der Waals surface area contributed by atoms with Crippen LogP contribution in [-0.4, -0.2) is 20.3 Å². The van der Waals surface area contributed by atoms with Crippen molar-refractivity contribution < 1.29 is 21.6 Å². The molecule has 1 aliphatic rings. The summed E-state index contributed by atoms with van der Waals surface area (Å²) >= 11 is 3.32. The second-order valence-corrected chi connectivity index (χ2v) is 7.85. The van der Waals surface area contributed by atoms with Gasteiger partial charge in [-0.05, 0) is 42.9 Å². The van der Waals surface area contributed by atoms with Gasteiger partial charge in [0.15, 0.2) is 0 Å². The summed E-state index contributed by atoms with van der Waals surface area (Å²) in [4.78, 5) is -0.355. The Morgan fingerprint density at radius 3 is 2.48 bits per heavy atom. The zero-order valence-corrected chi connectivity index (χ0v) is 13.5. The third-order valence-electron chi connectivity index (χ3n) is 3.69. The van der Waals surface area contributed by atoms with Crippen LogP contribution in [0.4, 0.5) is 13.2 Å².